The number of fused-ring (bicyclic) bond motifs is 2. The molecule has 2 aromatic rings. The quantitative estimate of drug-likeness (QED) is 0.904. The van der Waals surface area contributed by atoms with Crippen LogP contribution < -0.4 is 4.74 Å². The minimum absolute atomic E-state index is 0.755. The largest absolute Gasteiger partial charge is 0.497 e. The monoisotopic (exact) mass is 268 g/mol. The van der Waals surface area contributed by atoms with Crippen molar-refractivity contribution in [3.63, 3.8) is 0 Å². The summed E-state index contributed by atoms with van der Waals surface area (Å²) in [6.07, 6.45) is 8.45. The molecule has 0 saturated carbocycles. The van der Waals surface area contributed by atoms with E-state index in [9.17, 15) is 0 Å². The first-order valence-electron chi connectivity index (χ1n) is 7.44. The molecular formula is C17H20N2O. The van der Waals surface area contributed by atoms with Crippen LogP contribution in [0.2, 0.25) is 0 Å². The van der Waals surface area contributed by atoms with E-state index in [1.165, 1.54) is 47.8 Å². The molecule has 1 saturated heterocycles. The van der Waals surface area contributed by atoms with E-state index in [1.54, 1.807) is 7.11 Å². The Morgan fingerprint density at radius 1 is 1.35 bits per heavy atom. The first-order chi connectivity index (χ1) is 9.85. The van der Waals surface area contributed by atoms with Crippen molar-refractivity contribution in [2.45, 2.75) is 25.3 Å². The molecule has 3 heteroatoms. The molecule has 1 atom stereocenters. The molecular weight excluding hydrogens is 248 g/mol. The van der Waals surface area contributed by atoms with Gasteiger partial charge in [0.15, 0.2) is 0 Å². The maximum absolute atomic E-state index is 5.36. The molecule has 0 unspecified atom stereocenters. The Morgan fingerprint density at radius 2 is 2.30 bits per heavy atom. The molecule has 3 heterocycles. The normalized spacial score (nSPS) is 22.9. The van der Waals surface area contributed by atoms with Gasteiger partial charge in [0.05, 0.1) is 7.11 Å². The first-order valence-corrected chi connectivity index (χ1v) is 7.44. The van der Waals surface area contributed by atoms with Crippen LogP contribution in [0.3, 0.4) is 0 Å². The molecule has 2 aliphatic heterocycles. The molecule has 0 spiro atoms. The van der Waals surface area contributed by atoms with Crippen LogP contribution in [0.25, 0.3) is 16.5 Å². The SMILES string of the molecule is COc1ccc2[nH]cc(C3=CCN4CCC[C@H]4C3)c2c1. The van der Waals surface area contributed by atoms with Gasteiger partial charge in [0, 0.05) is 35.2 Å². The minimum atomic E-state index is 0.755. The number of methoxy groups -OCH3 is 1. The number of hydrogen-bond donors (Lipinski definition) is 1. The fourth-order valence-corrected chi connectivity index (χ4v) is 3.64. The molecule has 2 aliphatic rings. The molecule has 1 aromatic heterocycles. The highest BCUT2D eigenvalue weighted by Crippen LogP contribution is 2.36. The average molecular weight is 268 g/mol. The summed E-state index contributed by atoms with van der Waals surface area (Å²) < 4.78 is 5.36. The number of hydrogen-bond acceptors (Lipinski definition) is 2. The lowest BCUT2D eigenvalue weighted by molar-refractivity contribution is 0.275. The Bertz CT molecular complexity index is 671. The van der Waals surface area contributed by atoms with Crippen molar-refractivity contribution < 1.29 is 4.74 Å². The van der Waals surface area contributed by atoms with Crippen LogP contribution in [-0.2, 0) is 0 Å². The van der Waals surface area contributed by atoms with Crippen molar-refractivity contribution in [1.82, 2.24) is 9.88 Å². The smallest absolute Gasteiger partial charge is 0.119 e. The van der Waals surface area contributed by atoms with Gasteiger partial charge in [-0.25, -0.2) is 0 Å². The van der Waals surface area contributed by atoms with Crippen LogP contribution in [-0.4, -0.2) is 36.1 Å². The Kier molecular flexibility index (Phi) is 2.81. The predicted octanol–water partition coefficient (Wildman–Crippen LogP) is 3.43. The highest BCUT2D eigenvalue weighted by molar-refractivity contribution is 5.93. The second kappa shape index (κ2) is 4.67. The van der Waals surface area contributed by atoms with Gasteiger partial charge in [-0.1, -0.05) is 6.08 Å². The van der Waals surface area contributed by atoms with Crippen molar-refractivity contribution in [3.05, 3.63) is 36.0 Å². The second-order valence-corrected chi connectivity index (χ2v) is 5.84. The van der Waals surface area contributed by atoms with E-state index in [0.29, 0.717) is 0 Å². The highest BCUT2D eigenvalue weighted by atomic mass is 16.5. The van der Waals surface area contributed by atoms with Gasteiger partial charge in [0.2, 0.25) is 0 Å². The van der Waals surface area contributed by atoms with Crippen LogP contribution in [0, 0.1) is 0 Å². The fourth-order valence-electron chi connectivity index (χ4n) is 3.64. The molecule has 0 bridgehead atoms. The lowest BCUT2D eigenvalue weighted by Crippen LogP contribution is -2.32. The van der Waals surface area contributed by atoms with Gasteiger partial charge in [-0.2, -0.15) is 0 Å². The van der Waals surface area contributed by atoms with E-state index in [2.05, 4.69) is 34.3 Å². The van der Waals surface area contributed by atoms with E-state index in [-0.39, 0.29) is 0 Å². The standard InChI is InChI=1S/C17H20N2O/c1-20-14-4-5-17-15(10-14)16(11-18-17)12-6-8-19-7-2-3-13(19)9-12/h4-6,10-11,13,18H,2-3,7-9H2,1H3/t13-/m0/s1. The summed E-state index contributed by atoms with van der Waals surface area (Å²) in [5.74, 6) is 0.928. The Morgan fingerprint density at radius 3 is 3.20 bits per heavy atom. The number of aromatic amines is 1. The summed E-state index contributed by atoms with van der Waals surface area (Å²) in [5.41, 5.74) is 4.04. The maximum atomic E-state index is 5.36. The number of benzene rings is 1. The Balaban J connectivity index is 1.74. The summed E-state index contributed by atoms with van der Waals surface area (Å²) in [6.45, 7) is 2.38. The molecule has 1 N–H and O–H groups in total. The van der Waals surface area contributed by atoms with E-state index >= 15 is 0 Å². The third kappa shape index (κ3) is 1.85. The summed E-state index contributed by atoms with van der Waals surface area (Å²) >= 11 is 0. The third-order valence-electron chi connectivity index (χ3n) is 4.76. The third-order valence-corrected chi connectivity index (χ3v) is 4.76. The number of aromatic nitrogens is 1. The van der Waals surface area contributed by atoms with Gasteiger partial charge in [-0.3, -0.25) is 4.90 Å². The number of nitrogens with zero attached hydrogens (tertiary/aromatic N) is 1. The van der Waals surface area contributed by atoms with Gasteiger partial charge in [0.1, 0.15) is 5.75 Å². The molecule has 4 rings (SSSR count). The molecule has 20 heavy (non-hydrogen) atoms. The average Bonchev–Trinajstić information content (AvgIpc) is 3.11. The number of ether oxygens (including phenoxy) is 1. The van der Waals surface area contributed by atoms with E-state index in [1.807, 2.05) is 6.07 Å². The van der Waals surface area contributed by atoms with E-state index in [0.717, 1.165) is 18.3 Å². The summed E-state index contributed by atoms with van der Waals surface area (Å²) in [4.78, 5) is 6.00. The van der Waals surface area contributed by atoms with Crippen molar-refractivity contribution in [1.29, 1.82) is 0 Å². The molecule has 1 fully saturated rings. The van der Waals surface area contributed by atoms with E-state index in [4.69, 9.17) is 4.74 Å². The van der Waals surface area contributed by atoms with Crippen LogP contribution in [0.1, 0.15) is 24.8 Å². The lowest BCUT2D eigenvalue weighted by atomic mass is 9.94. The summed E-state index contributed by atoms with van der Waals surface area (Å²) in [5, 5.41) is 1.28. The van der Waals surface area contributed by atoms with Crippen molar-refractivity contribution in [3.8, 4) is 5.75 Å². The molecule has 0 aliphatic carbocycles. The topological polar surface area (TPSA) is 28.3 Å². The summed E-state index contributed by atoms with van der Waals surface area (Å²) in [6, 6.07) is 7.01. The van der Waals surface area contributed by atoms with Gasteiger partial charge in [-0.15, -0.1) is 0 Å². The molecule has 0 radical (unpaired) electrons. The highest BCUT2D eigenvalue weighted by Gasteiger charge is 2.28. The van der Waals surface area contributed by atoms with Crippen molar-refractivity contribution in [2.75, 3.05) is 20.2 Å². The van der Waals surface area contributed by atoms with Gasteiger partial charge >= 0.3 is 0 Å². The zero-order valence-electron chi connectivity index (χ0n) is 11.9. The number of rotatable bonds is 2. The fraction of sp³-hybridized carbons (Fsp3) is 0.412. The minimum Gasteiger partial charge on any atom is -0.497 e. The zero-order chi connectivity index (χ0) is 13.5. The lowest BCUT2D eigenvalue weighted by Gasteiger charge is -2.29. The molecule has 104 valence electrons. The Labute approximate surface area is 119 Å². The van der Waals surface area contributed by atoms with Gasteiger partial charge < -0.3 is 9.72 Å². The van der Waals surface area contributed by atoms with Crippen LogP contribution in [0.15, 0.2) is 30.5 Å². The molecule has 3 nitrogen and oxygen atoms in total. The van der Waals surface area contributed by atoms with E-state index < -0.39 is 0 Å². The first kappa shape index (κ1) is 12.0. The predicted molar refractivity (Wildman–Crippen MR) is 82.0 cm³/mol. The van der Waals surface area contributed by atoms with Crippen LogP contribution in [0.4, 0.5) is 0 Å². The summed E-state index contributed by atoms with van der Waals surface area (Å²) in [7, 11) is 1.73. The van der Waals surface area contributed by atoms with Gasteiger partial charge in [0.25, 0.3) is 0 Å². The van der Waals surface area contributed by atoms with Crippen LogP contribution in [0.5, 0.6) is 5.75 Å². The number of H-pyrrole nitrogens is 1. The van der Waals surface area contributed by atoms with Gasteiger partial charge in [-0.05, 0) is 49.6 Å². The Hall–Kier alpha value is -1.74. The maximum Gasteiger partial charge on any atom is 0.119 e. The number of nitrogens with one attached hydrogen (secondary N) is 1. The van der Waals surface area contributed by atoms with Crippen molar-refractivity contribution >= 4 is 16.5 Å². The molecule has 1 aromatic carbocycles. The van der Waals surface area contributed by atoms with Crippen molar-refractivity contribution in [2.24, 2.45) is 0 Å². The zero-order valence-corrected chi connectivity index (χ0v) is 11.9. The van der Waals surface area contributed by atoms with Crippen LogP contribution >= 0.6 is 0 Å². The second-order valence-electron chi connectivity index (χ2n) is 5.84. The molecule has 0 amide bonds.